The maximum Gasteiger partial charge on any atom is 0.250 e. The van der Waals surface area contributed by atoms with Crippen LogP contribution in [0.25, 0.3) is 0 Å². The highest BCUT2D eigenvalue weighted by Crippen LogP contribution is 2.30. The molecule has 5 nitrogen and oxygen atoms in total. The fourth-order valence-electron chi connectivity index (χ4n) is 1.30. The van der Waals surface area contributed by atoms with Gasteiger partial charge in [-0.25, -0.2) is 14.4 Å². The van der Waals surface area contributed by atoms with Crippen LogP contribution in [0.4, 0.5) is 10.1 Å². The lowest BCUT2D eigenvalue weighted by molar-refractivity contribution is 0.100. The van der Waals surface area contributed by atoms with Crippen LogP contribution in [0.3, 0.4) is 0 Å². The minimum Gasteiger partial charge on any atom is -0.398 e. The number of aromatic nitrogens is 2. The molecule has 0 radical (unpaired) electrons. The predicted molar refractivity (Wildman–Crippen MR) is 65.5 cm³/mol. The number of hydrogen-bond donors (Lipinski definition) is 2. The van der Waals surface area contributed by atoms with Crippen LogP contribution in [-0.4, -0.2) is 15.9 Å². The first-order valence-corrected chi connectivity index (χ1v) is 5.73. The van der Waals surface area contributed by atoms with Gasteiger partial charge in [0.05, 0.1) is 10.5 Å². The Morgan fingerprint density at radius 3 is 2.56 bits per heavy atom. The molecule has 0 aliphatic carbocycles. The van der Waals surface area contributed by atoms with Gasteiger partial charge in [-0.3, -0.25) is 4.79 Å². The number of rotatable bonds is 3. The van der Waals surface area contributed by atoms with Crippen LogP contribution in [0.1, 0.15) is 10.4 Å². The fourth-order valence-corrected chi connectivity index (χ4v) is 2.05. The van der Waals surface area contributed by atoms with Crippen molar-refractivity contribution in [3.05, 3.63) is 42.0 Å². The number of nitrogens with two attached hydrogens (primary N) is 2. The molecule has 18 heavy (non-hydrogen) atoms. The zero-order valence-electron chi connectivity index (χ0n) is 9.13. The smallest absolute Gasteiger partial charge is 0.250 e. The molecule has 92 valence electrons. The first kappa shape index (κ1) is 12.3. The Kier molecular flexibility index (Phi) is 3.42. The predicted octanol–water partition coefficient (Wildman–Crippen LogP) is 1.45. The van der Waals surface area contributed by atoms with Crippen LogP contribution in [0.2, 0.25) is 0 Å². The number of hydrogen-bond acceptors (Lipinski definition) is 5. The van der Waals surface area contributed by atoms with Crippen molar-refractivity contribution in [2.24, 2.45) is 5.73 Å². The number of halogens is 1. The molecule has 0 saturated carbocycles. The molecule has 0 aliphatic rings. The summed E-state index contributed by atoms with van der Waals surface area (Å²) in [7, 11) is 0. The van der Waals surface area contributed by atoms with Crippen LogP contribution in [-0.2, 0) is 0 Å². The Morgan fingerprint density at radius 2 is 1.94 bits per heavy atom. The van der Waals surface area contributed by atoms with Crippen molar-refractivity contribution in [2.75, 3.05) is 5.73 Å². The highest BCUT2D eigenvalue weighted by atomic mass is 32.2. The lowest BCUT2D eigenvalue weighted by Crippen LogP contribution is -2.14. The quantitative estimate of drug-likeness (QED) is 0.646. The van der Waals surface area contributed by atoms with Gasteiger partial charge in [0.1, 0.15) is 5.82 Å². The molecule has 0 fully saturated rings. The van der Waals surface area contributed by atoms with E-state index in [2.05, 4.69) is 9.97 Å². The Balaban J connectivity index is 2.39. The number of nitrogens with zero attached hydrogens (tertiary/aromatic N) is 2. The molecular weight excluding hydrogens is 255 g/mol. The molecule has 0 spiro atoms. The molecule has 2 rings (SSSR count). The number of benzene rings is 1. The van der Waals surface area contributed by atoms with Gasteiger partial charge in [0.2, 0.25) is 0 Å². The third kappa shape index (κ3) is 2.57. The van der Waals surface area contributed by atoms with Gasteiger partial charge in [0.15, 0.2) is 5.16 Å². The molecule has 4 N–H and O–H groups in total. The van der Waals surface area contributed by atoms with Gasteiger partial charge in [0, 0.05) is 18.1 Å². The van der Waals surface area contributed by atoms with E-state index < -0.39 is 11.7 Å². The van der Waals surface area contributed by atoms with E-state index in [1.807, 2.05) is 0 Å². The summed E-state index contributed by atoms with van der Waals surface area (Å²) in [4.78, 5) is 19.2. The van der Waals surface area contributed by atoms with Crippen molar-refractivity contribution in [3.8, 4) is 0 Å². The Labute approximate surface area is 106 Å². The molecule has 1 heterocycles. The zero-order chi connectivity index (χ0) is 13.1. The van der Waals surface area contributed by atoms with Gasteiger partial charge in [-0.2, -0.15) is 0 Å². The van der Waals surface area contributed by atoms with Crippen molar-refractivity contribution in [2.45, 2.75) is 10.1 Å². The number of nitrogen functional groups attached to an aromatic ring is 1. The molecule has 0 bridgehead atoms. The van der Waals surface area contributed by atoms with Gasteiger partial charge < -0.3 is 11.5 Å². The van der Waals surface area contributed by atoms with Crippen LogP contribution >= 0.6 is 11.8 Å². The van der Waals surface area contributed by atoms with E-state index in [1.54, 1.807) is 18.5 Å². The second-order valence-electron chi connectivity index (χ2n) is 3.37. The number of carbonyl (C=O) groups excluding carboxylic acids is 1. The maximum atomic E-state index is 13.7. The van der Waals surface area contributed by atoms with Crippen molar-refractivity contribution in [3.63, 3.8) is 0 Å². The van der Waals surface area contributed by atoms with E-state index in [0.29, 0.717) is 5.16 Å². The van der Waals surface area contributed by atoms with E-state index in [4.69, 9.17) is 11.5 Å². The van der Waals surface area contributed by atoms with Gasteiger partial charge in [-0.15, -0.1) is 0 Å². The van der Waals surface area contributed by atoms with Crippen molar-refractivity contribution < 1.29 is 9.18 Å². The second kappa shape index (κ2) is 5.01. The summed E-state index contributed by atoms with van der Waals surface area (Å²) in [6.45, 7) is 0. The lowest BCUT2D eigenvalue weighted by atomic mass is 10.1. The molecule has 0 aliphatic heterocycles. The van der Waals surface area contributed by atoms with Crippen molar-refractivity contribution >= 4 is 23.4 Å². The molecule has 0 unspecified atom stereocenters. The van der Waals surface area contributed by atoms with Gasteiger partial charge in [-0.05, 0) is 30.0 Å². The third-order valence-corrected chi connectivity index (χ3v) is 3.04. The second-order valence-corrected chi connectivity index (χ2v) is 4.38. The minimum absolute atomic E-state index is 0.0123. The topological polar surface area (TPSA) is 94.9 Å². The summed E-state index contributed by atoms with van der Waals surface area (Å²) < 4.78 is 13.7. The molecule has 1 amide bonds. The standard InChI is InChI=1S/C11H9FN4OS/c12-7-5-8(13)6(10(14)17)4-9(7)18-11-15-2-1-3-16-11/h1-5H,13H2,(H2,14,17). The number of primary amides is 1. The molecular formula is C11H9FN4OS. The normalized spacial score (nSPS) is 10.3. The summed E-state index contributed by atoms with van der Waals surface area (Å²) in [6.07, 6.45) is 3.08. The molecule has 2 aromatic rings. The summed E-state index contributed by atoms with van der Waals surface area (Å²) in [5, 5.41) is 0.372. The highest BCUT2D eigenvalue weighted by Gasteiger charge is 2.13. The largest absolute Gasteiger partial charge is 0.398 e. The fraction of sp³-hybridized carbons (Fsp3) is 0. The number of amides is 1. The molecule has 0 saturated heterocycles. The summed E-state index contributed by atoms with van der Waals surface area (Å²) in [6, 6.07) is 4.01. The molecule has 1 aromatic carbocycles. The van der Waals surface area contributed by atoms with Gasteiger partial charge in [0.25, 0.3) is 5.91 Å². The zero-order valence-corrected chi connectivity index (χ0v) is 9.95. The Morgan fingerprint density at radius 1 is 1.28 bits per heavy atom. The van der Waals surface area contributed by atoms with Crippen LogP contribution in [0.5, 0.6) is 0 Å². The number of anilines is 1. The SMILES string of the molecule is NC(=O)c1cc(Sc2ncccn2)c(F)cc1N. The van der Waals surface area contributed by atoms with E-state index in [1.165, 1.54) is 6.07 Å². The summed E-state index contributed by atoms with van der Waals surface area (Å²) >= 11 is 0.994. The summed E-state index contributed by atoms with van der Waals surface area (Å²) in [5.74, 6) is -1.25. The van der Waals surface area contributed by atoms with Crippen LogP contribution in [0.15, 0.2) is 40.6 Å². The Hall–Kier alpha value is -2.15. The molecule has 1 aromatic heterocycles. The van der Waals surface area contributed by atoms with E-state index in [0.717, 1.165) is 17.8 Å². The first-order chi connectivity index (χ1) is 8.58. The Bertz CT molecular complexity index is 591. The average Bonchev–Trinajstić information content (AvgIpc) is 2.33. The van der Waals surface area contributed by atoms with Crippen LogP contribution < -0.4 is 11.5 Å². The minimum atomic E-state index is -0.705. The van der Waals surface area contributed by atoms with Crippen molar-refractivity contribution in [1.29, 1.82) is 0 Å². The monoisotopic (exact) mass is 264 g/mol. The average molecular weight is 264 g/mol. The van der Waals surface area contributed by atoms with Gasteiger partial charge >= 0.3 is 0 Å². The lowest BCUT2D eigenvalue weighted by Gasteiger charge is -2.06. The van der Waals surface area contributed by atoms with E-state index in [-0.39, 0.29) is 16.1 Å². The van der Waals surface area contributed by atoms with E-state index >= 15 is 0 Å². The van der Waals surface area contributed by atoms with E-state index in [9.17, 15) is 9.18 Å². The highest BCUT2D eigenvalue weighted by molar-refractivity contribution is 7.99. The third-order valence-electron chi connectivity index (χ3n) is 2.11. The molecule has 0 atom stereocenters. The first-order valence-electron chi connectivity index (χ1n) is 4.91. The van der Waals surface area contributed by atoms with Crippen molar-refractivity contribution in [1.82, 2.24) is 9.97 Å². The summed E-state index contributed by atoms with van der Waals surface area (Å²) in [5.41, 5.74) is 10.7. The van der Waals surface area contributed by atoms with Gasteiger partial charge in [-0.1, -0.05) is 0 Å². The maximum absolute atomic E-state index is 13.7. The molecule has 7 heteroatoms. The number of carbonyl (C=O) groups is 1. The van der Waals surface area contributed by atoms with Crippen LogP contribution in [0, 0.1) is 5.82 Å².